The van der Waals surface area contributed by atoms with E-state index in [0.29, 0.717) is 24.6 Å². The summed E-state index contributed by atoms with van der Waals surface area (Å²) in [6, 6.07) is -0.131. The summed E-state index contributed by atoms with van der Waals surface area (Å²) < 4.78 is 48.3. The summed E-state index contributed by atoms with van der Waals surface area (Å²) >= 11 is 0.411. The minimum absolute atomic E-state index is 0.0731. The molecule has 1 saturated heterocycles. The SMILES string of the molecule is CCOC(=O)c1nc(C(F)(F)F)sc1NC1CCCOC1. The molecular formula is C12H15F3N2O3S. The van der Waals surface area contributed by atoms with Gasteiger partial charge in [0.1, 0.15) is 5.00 Å². The number of carbonyl (C=O) groups is 1. The molecule has 9 heteroatoms. The number of carbonyl (C=O) groups excluding carboxylic acids is 1. The Morgan fingerprint density at radius 3 is 2.90 bits per heavy atom. The first kappa shape index (κ1) is 16.0. The number of thiazole rings is 1. The van der Waals surface area contributed by atoms with Gasteiger partial charge in [0.2, 0.25) is 5.01 Å². The Balaban J connectivity index is 2.23. The molecule has 0 spiro atoms. The number of ether oxygens (including phenoxy) is 2. The van der Waals surface area contributed by atoms with E-state index in [-0.39, 0.29) is 23.3 Å². The number of esters is 1. The monoisotopic (exact) mass is 324 g/mol. The number of nitrogens with one attached hydrogen (secondary N) is 1. The molecule has 1 aliphatic rings. The molecule has 0 aromatic carbocycles. The molecular weight excluding hydrogens is 309 g/mol. The smallest absolute Gasteiger partial charge is 0.443 e. The quantitative estimate of drug-likeness (QED) is 0.863. The molecule has 0 radical (unpaired) electrons. The van der Waals surface area contributed by atoms with Gasteiger partial charge in [-0.15, -0.1) is 0 Å². The molecule has 1 fully saturated rings. The molecule has 1 aromatic heterocycles. The maximum atomic E-state index is 12.8. The minimum atomic E-state index is -4.59. The van der Waals surface area contributed by atoms with Gasteiger partial charge in [-0.25, -0.2) is 9.78 Å². The zero-order chi connectivity index (χ0) is 15.5. The Labute approximate surface area is 123 Å². The Morgan fingerprint density at radius 1 is 1.57 bits per heavy atom. The normalized spacial score (nSPS) is 19.3. The molecule has 1 unspecified atom stereocenters. The molecule has 2 rings (SSSR count). The summed E-state index contributed by atoms with van der Waals surface area (Å²) in [5.41, 5.74) is -0.320. The first-order chi connectivity index (χ1) is 9.91. The zero-order valence-electron chi connectivity index (χ0n) is 11.3. The van der Waals surface area contributed by atoms with Gasteiger partial charge in [-0.1, -0.05) is 11.3 Å². The average Bonchev–Trinajstić information content (AvgIpc) is 2.84. The molecule has 0 aliphatic carbocycles. The van der Waals surface area contributed by atoms with Crippen molar-refractivity contribution in [2.24, 2.45) is 0 Å². The lowest BCUT2D eigenvalue weighted by molar-refractivity contribution is -0.137. The number of nitrogens with zero attached hydrogens (tertiary/aromatic N) is 1. The molecule has 1 atom stereocenters. The minimum Gasteiger partial charge on any atom is -0.461 e. The molecule has 118 valence electrons. The van der Waals surface area contributed by atoms with E-state index in [2.05, 4.69) is 10.3 Å². The Kier molecular flexibility index (Phi) is 5.04. The van der Waals surface area contributed by atoms with Gasteiger partial charge in [0.05, 0.1) is 19.3 Å². The molecule has 0 bridgehead atoms. The first-order valence-corrected chi connectivity index (χ1v) is 7.33. The third-order valence-corrected chi connectivity index (χ3v) is 3.87. The Morgan fingerprint density at radius 2 is 2.33 bits per heavy atom. The number of aromatic nitrogens is 1. The van der Waals surface area contributed by atoms with E-state index in [4.69, 9.17) is 9.47 Å². The highest BCUT2D eigenvalue weighted by Gasteiger charge is 2.37. The predicted octanol–water partition coefficient (Wildman–Crippen LogP) is 2.93. The van der Waals surface area contributed by atoms with Crippen molar-refractivity contribution in [3.63, 3.8) is 0 Å². The fourth-order valence-electron chi connectivity index (χ4n) is 1.92. The van der Waals surface area contributed by atoms with E-state index in [1.165, 1.54) is 0 Å². The molecule has 21 heavy (non-hydrogen) atoms. The van der Waals surface area contributed by atoms with E-state index in [1.54, 1.807) is 6.92 Å². The lowest BCUT2D eigenvalue weighted by Gasteiger charge is -2.23. The van der Waals surface area contributed by atoms with Crippen LogP contribution >= 0.6 is 11.3 Å². The van der Waals surface area contributed by atoms with Crippen LogP contribution in [0.4, 0.5) is 18.2 Å². The molecule has 0 saturated carbocycles. The highest BCUT2D eigenvalue weighted by atomic mass is 32.1. The van der Waals surface area contributed by atoms with Crippen LogP contribution in [0.3, 0.4) is 0 Å². The molecule has 1 aliphatic heterocycles. The van der Waals surface area contributed by atoms with E-state index in [9.17, 15) is 18.0 Å². The maximum absolute atomic E-state index is 12.8. The largest absolute Gasteiger partial charge is 0.461 e. The van der Waals surface area contributed by atoms with Crippen molar-refractivity contribution in [3.05, 3.63) is 10.7 Å². The third kappa shape index (κ3) is 4.07. The number of alkyl halides is 3. The van der Waals surface area contributed by atoms with Gasteiger partial charge >= 0.3 is 12.1 Å². The third-order valence-electron chi connectivity index (χ3n) is 2.83. The summed E-state index contributed by atoms with van der Waals surface area (Å²) in [5.74, 6) is -0.858. The fourth-order valence-corrected chi connectivity index (χ4v) is 2.81. The van der Waals surface area contributed by atoms with Gasteiger partial charge < -0.3 is 14.8 Å². The van der Waals surface area contributed by atoms with Crippen molar-refractivity contribution in [2.45, 2.75) is 32.0 Å². The van der Waals surface area contributed by atoms with Crippen molar-refractivity contribution < 1.29 is 27.4 Å². The zero-order valence-corrected chi connectivity index (χ0v) is 12.1. The molecule has 1 aromatic rings. The average molecular weight is 324 g/mol. The van der Waals surface area contributed by atoms with Crippen LogP contribution in [0.15, 0.2) is 0 Å². The van der Waals surface area contributed by atoms with E-state index >= 15 is 0 Å². The van der Waals surface area contributed by atoms with Crippen LogP contribution in [0.2, 0.25) is 0 Å². The van der Waals surface area contributed by atoms with Crippen molar-refractivity contribution in [1.82, 2.24) is 4.98 Å². The van der Waals surface area contributed by atoms with Gasteiger partial charge in [0.25, 0.3) is 0 Å². The second-order valence-corrected chi connectivity index (χ2v) is 5.47. The second-order valence-electron chi connectivity index (χ2n) is 4.47. The highest BCUT2D eigenvalue weighted by Crippen LogP contribution is 2.37. The van der Waals surface area contributed by atoms with Gasteiger partial charge in [0.15, 0.2) is 5.69 Å². The fraction of sp³-hybridized carbons (Fsp3) is 0.667. The number of hydrogen-bond acceptors (Lipinski definition) is 6. The van der Waals surface area contributed by atoms with Crippen molar-refractivity contribution in [1.29, 1.82) is 0 Å². The summed E-state index contributed by atoms with van der Waals surface area (Å²) in [6.07, 6.45) is -3.01. The van der Waals surface area contributed by atoms with Crippen molar-refractivity contribution in [3.8, 4) is 0 Å². The van der Waals surface area contributed by atoms with Crippen LogP contribution < -0.4 is 5.32 Å². The van der Waals surface area contributed by atoms with Gasteiger partial charge in [0, 0.05) is 6.61 Å². The summed E-state index contributed by atoms with van der Waals surface area (Å²) in [7, 11) is 0. The number of anilines is 1. The molecule has 1 N–H and O–H groups in total. The second kappa shape index (κ2) is 6.61. The summed E-state index contributed by atoms with van der Waals surface area (Å²) in [4.78, 5) is 15.1. The standard InChI is InChI=1S/C12H15F3N2O3S/c1-2-20-10(18)8-9(16-7-4-3-5-19-6-7)21-11(17-8)12(13,14)15/h7,16H,2-6H2,1H3. The van der Waals surface area contributed by atoms with Crippen LogP contribution in [-0.4, -0.2) is 36.8 Å². The molecule has 0 amide bonds. The lowest BCUT2D eigenvalue weighted by Crippen LogP contribution is -2.30. The van der Waals surface area contributed by atoms with Crippen LogP contribution in [-0.2, 0) is 15.7 Å². The predicted molar refractivity (Wildman–Crippen MR) is 70.5 cm³/mol. The van der Waals surface area contributed by atoms with Gasteiger partial charge in [-0.05, 0) is 19.8 Å². The van der Waals surface area contributed by atoms with E-state index in [0.717, 1.165) is 12.8 Å². The summed E-state index contributed by atoms with van der Waals surface area (Å²) in [6.45, 7) is 2.68. The maximum Gasteiger partial charge on any atom is 0.443 e. The van der Waals surface area contributed by atoms with E-state index < -0.39 is 17.2 Å². The van der Waals surface area contributed by atoms with Gasteiger partial charge in [-0.2, -0.15) is 13.2 Å². The lowest BCUT2D eigenvalue weighted by atomic mass is 10.1. The van der Waals surface area contributed by atoms with Crippen molar-refractivity contribution in [2.75, 3.05) is 25.1 Å². The summed E-state index contributed by atoms with van der Waals surface area (Å²) in [5, 5.41) is 1.93. The number of hydrogen-bond donors (Lipinski definition) is 1. The number of rotatable bonds is 4. The molecule has 2 heterocycles. The van der Waals surface area contributed by atoms with E-state index in [1.807, 2.05) is 0 Å². The van der Waals surface area contributed by atoms with Crippen molar-refractivity contribution >= 4 is 22.3 Å². The first-order valence-electron chi connectivity index (χ1n) is 6.51. The Bertz CT molecular complexity index is 498. The van der Waals surface area contributed by atoms with Crippen LogP contribution in [0.25, 0.3) is 0 Å². The van der Waals surface area contributed by atoms with Crippen LogP contribution in [0.1, 0.15) is 35.3 Å². The van der Waals surface area contributed by atoms with Crippen LogP contribution in [0.5, 0.6) is 0 Å². The Hall–Kier alpha value is -1.35. The molecule has 5 nitrogen and oxygen atoms in total. The number of halogens is 3. The highest BCUT2D eigenvalue weighted by molar-refractivity contribution is 7.16. The van der Waals surface area contributed by atoms with Gasteiger partial charge in [-0.3, -0.25) is 0 Å². The van der Waals surface area contributed by atoms with Crippen LogP contribution in [0, 0.1) is 0 Å². The topological polar surface area (TPSA) is 60.5 Å².